The fraction of sp³-hybridized carbons (Fsp3) is 0.643. The van der Waals surface area contributed by atoms with Crippen LogP contribution in [0.15, 0.2) is 18.2 Å². The summed E-state index contributed by atoms with van der Waals surface area (Å²) >= 11 is 0. The van der Waals surface area contributed by atoms with Gasteiger partial charge in [0.2, 0.25) is 11.8 Å². The average Bonchev–Trinajstić information content (AvgIpc) is 3.20. The van der Waals surface area contributed by atoms with Crippen molar-refractivity contribution in [2.75, 3.05) is 50.7 Å². The fourth-order valence-corrected chi connectivity index (χ4v) is 5.85. The van der Waals surface area contributed by atoms with E-state index in [0.717, 1.165) is 42.8 Å². The highest BCUT2D eigenvalue weighted by Crippen LogP contribution is 2.32. The zero-order valence-corrected chi connectivity index (χ0v) is 23.3. The molecule has 2 aromatic rings. The molecule has 39 heavy (non-hydrogen) atoms. The van der Waals surface area contributed by atoms with Crippen molar-refractivity contribution in [3.05, 3.63) is 23.9 Å². The molecule has 3 atom stereocenters. The second-order valence-electron chi connectivity index (χ2n) is 12.0. The Balaban J connectivity index is 1.16. The van der Waals surface area contributed by atoms with E-state index >= 15 is 4.39 Å². The van der Waals surface area contributed by atoms with Gasteiger partial charge in [-0.1, -0.05) is 0 Å². The number of piperidine rings is 2. The first-order chi connectivity index (χ1) is 18.5. The lowest BCUT2D eigenvalue weighted by molar-refractivity contribution is -0.134. The van der Waals surface area contributed by atoms with Crippen LogP contribution in [0.4, 0.5) is 14.9 Å². The standard InChI is InChI=1S/C28H39FN6O4/c1-28(2,3)39-27(38)35-10-9-18(22(29)17-35)16-33-11-13-34(14-12-33)19-5-6-20-23(15-19)32(4)31-25(20)21-7-8-24(36)30-26(21)37/h5-6,15,18,21-22H,7-14,16-17H2,1-4H3,(H,30,36,37)/t18-,21?,22+/m1/s1. The highest BCUT2D eigenvalue weighted by atomic mass is 19.1. The molecule has 212 valence electrons. The normalized spacial score (nSPS) is 25.2. The Bertz CT molecular complexity index is 1250. The van der Waals surface area contributed by atoms with Crippen LogP contribution >= 0.6 is 0 Å². The molecule has 0 saturated carbocycles. The molecule has 3 fully saturated rings. The number of aryl methyl sites for hydroxylation is 1. The number of nitrogens with zero attached hydrogens (tertiary/aromatic N) is 5. The Morgan fingerprint density at radius 2 is 1.87 bits per heavy atom. The molecule has 1 N–H and O–H groups in total. The lowest BCUT2D eigenvalue weighted by Gasteiger charge is -2.40. The van der Waals surface area contributed by atoms with Crippen molar-refractivity contribution < 1.29 is 23.5 Å². The molecule has 0 radical (unpaired) electrons. The summed E-state index contributed by atoms with van der Waals surface area (Å²) in [6, 6.07) is 6.20. The van der Waals surface area contributed by atoms with Gasteiger partial charge in [0.15, 0.2) is 0 Å². The van der Waals surface area contributed by atoms with Gasteiger partial charge < -0.3 is 14.5 Å². The number of imide groups is 1. The number of alkyl halides is 1. The number of halogens is 1. The quantitative estimate of drug-likeness (QED) is 0.593. The lowest BCUT2D eigenvalue weighted by Crippen LogP contribution is -2.52. The van der Waals surface area contributed by atoms with Crippen LogP contribution < -0.4 is 10.2 Å². The van der Waals surface area contributed by atoms with Gasteiger partial charge in [0.25, 0.3) is 0 Å². The van der Waals surface area contributed by atoms with Crippen molar-refractivity contribution in [3.63, 3.8) is 0 Å². The maximum Gasteiger partial charge on any atom is 0.410 e. The minimum absolute atomic E-state index is 0.0884. The Morgan fingerprint density at radius 1 is 1.13 bits per heavy atom. The zero-order chi connectivity index (χ0) is 27.9. The minimum atomic E-state index is -1.06. The van der Waals surface area contributed by atoms with Crippen LogP contribution in [-0.2, 0) is 21.4 Å². The molecule has 3 aliphatic heterocycles. The number of likely N-dealkylation sites (tertiary alicyclic amines) is 1. The Hall–Kier alpha value is -3.21. The molecule has 4 heterocycles. The summed E-state index contributed by atoms with van der Waals surface area (Å²) in [5.41, 5.74) is 2.17. The van der Waals surface area contributed by atoms with E-state index < -0.39 is 23.8 Å². The number of ether oxygens (including phenoxy) is 1. The fourth-order valence-electron chi connectivity index (χ4n) is 5.85. The van der Waals surface area contributed by atoms with Gasteiger partial charge in [-0.3, -0.25) is 24.5 Å². The van der Waals surface area contributed by atoms with Crippen molar-refractivity contribution in [2.24, 2.45) is 13.0 Å². The topological polar surface area (TPSA) is 100 Å². The van der Waals surface area contributed by atoms with Gasteiger partial charge >= 0.3 is 6.09 Å². The third-order valence-corrected chi connectivity index (χ3v) is 7.99. The Morgan fingerprint density at radius 3 is 2.54 bits per heavy atom. The highest BCUT2D eigenvalue weighted by Gasteiger charge is 2.35. The molecule has 0 spiro atoms. The summed E-state index contributed by atoms with van der Waals surface area (Å²) in [5.74, 6) is -1.02. The summed E-state index contributed by atoms with van der Waals surface area (Å²) in [7, 11) is 1.88. The molecule has 0 aliphatic carbocycles. The maximum absolute atomic E-state index is 15.0. The van der Waals surface area contributed by atoms with E-state index in [1.165, 1.54) is 4.90 Å². The van der Waals surface area contributed by atoms with Crippen molar-refractivity contribution in [1.29, 1.82) is 0 Å². The summed E-state index contributed by atoms with van der Waals surface area (Å²) in [6.07, 6.45) is -0.0712. The predicted molar refractivity (Wildman–Crippen MR) is 145 cm³/mol. The molecule has 0 bridgehead atoms. The summed E-state index contributed by atoms with van der Waals surface area (Å²) in [4.78, 5) is 42.4. The van der Waals surface area contributed by atoms with Crippen LogP contribution in [-0.4, -0.2) is 95.1 Å². The molecule has 5 rings (SSSR count). The third-order valence-electron chi connectivity index (χ3n) is 7.99. The van der Waals surface area contributed by atoms with Gasteiger partial charge in [-0.25, -0.2) is 9.18 Å². The number of hydrogen-bond acceptors (Lipinski definition) is 7. The number of rotatable bonds is 4. The lowest BCUT2D eigenvalue weighted by atomic mass is 9.93. The van der Waals surface area contributed by atoms with E-state index in [1.807, 2.05) is 33.9 Å². The van der Waals surface area contributed by atoms with Crippen molar-refractivity contribution in [3.8, 4) is 0 Å². The summed E-state index contributed by atoms with van der Waals surface area (Å²) < 4.78 is 22.2. The smallest absolute Gasteiger partial charge is 0.410 e. The number of anilines is 1. The number of hydrogen-bond donors (Lipinski definition) is 1. The molecular weight excluding hydrogens is 503 g/mol. The van der Waals surface area contributed by atoms with Crippen LogP contribution in [0.3, 0.4) is 0 Å². The third kappa shape index (κ3) is 6.03. The van der Waals surface area contributed by atoms with Crippen molar-refractivity contribution in [1.82, 2.24) is 24.9 Å². The van der Waals surface area contributed by atoms with Crippen LogP contribution in [0.2, 0.25) is 0 Å². The number of piperazine rings is 1. The van der Waals surface area contributed by atoms with E-state index in [9.17, 15) is 14.4 Å². The summed E-state index contributed by atoms with van der Waals surface area (Å²) in [6.45, 7) is 10.1. The molecule has 10 nitrogen and oxygen atoms in total. The maximum atomic E-state index is 15.0. The van der Waals surface area contributed by atoms with Crippen LogP contribution in [0, 0.1) is 5.92 Å². The van der Waals surface area contributed by atoms with Crippen LogP contribution in [0.5, 0.6) is 0 Å². The second-order valence-corrected chi connectivity index (χ2v) is 12.0. The number of amides is 3. The first kappa shape index (κ1) is 27.4. The van der Waals surface area contributed by atoms with Gasteiger partial charge in [0, 0.05) is 69.7 Å². The zero-order valence-electron chi connectivity index (χ0n) is 23.3. The van der Waals surface area contributed by atoms with Gasteiger partial charge in [-0.2, -0.15) is 5.10 Å². The number of carbonyl (C=O) groups is 3. The SMILES string of the molecule is Cn1nc(C2CCC(=O)NC2=O)c2ccc(N3CCN(C[C@H]4CCN(C(=O)OC(C)(C)C)C[C@@H]4F)CC3)cc21. The molecule has 3 saturated heterocycles. The molecule has 3 amide bonds. The van der Waals surface area contributed by atoms with E-state index in [-0.39, 0.29) is 24.3 Å². The van der Waals surface area contributed by atoms with E-state index in [4.69, 9.17) is 4.74 Å². The second kappa shape index (κ2) is 10.7. The molecular formula is C28H39FN6O4. The molecule has 1 aromatic heterocycles. The van der Waals surface area contributed by atoms with Gasteiger partial charge in [0.05, 0.1) is 23.7 Å². The average molecular weight is 543 g/mol. The van der Waals surface area contributed by atoms with E-state index in [0.29, 0.717) is 38.0 Å². The first-order valence-electron chi connectivity index (χ1n) is 13.9. The van der Waals surface area contributed by atoms with Crippen LogP contribution in [0.1, 0.15) is 51.6 Å². The molecule has 1 unspecified atom stereocenters. The molecule has 1 aromatic carbocycles. The molecule has 3 aliphatic rings. The van der Waals surface area contributed by atoms with Gasteiger partial charge in [0.1, 0.15) is 11.8 Å². The molecule has 11 heteroatoms. The minimum Gasteiger partial charge on any atom is -0.444 e. The van der Waals surface area contributed by atoms with Crippen LogP contribution in [0.25, 0.3) is 10.9 Å². The Kier molecular flexibility index (Phi) is 7.54. The van der Waals surface area contributed by atoms with E-state index in [2.05, 4.69) is 32.3 Å². The number of benzene rings is 1. The predicted octanol–water partition coefficient (Wildman–Crippen LogP) is 2.81. The highest BCUT2D eigenvalue weighted by molar-refractivity contribution is 6.02. The first-order valence-corrected chi connectivity index (χ1v) is 13.9. The largest absolute Gasteiger partial charge is 0.444 e. The summed E-state index contributed by atoms with van der Waals surface area (Å²) in [5, 5.41) is 8.00. The number of nitrogens with one attached hydrogen (secondary N) is 1. The van der Waals surface area contributed by atoms with Gasteiger partial charge in [-0.05, 0) is 51.8 Å². The number of aromatic nitrogens is 2. The number of fused-ring (bicyclic) bond motifs is 1. The van der Waals surface area contributed by atoms with E-state index in [1.54, 1.807) is 4.68 Å². The van der Waals surface area contributed by atoms with Gasteiger partial charge in [-0.15, -0.1) is 0 Å². The van der Waals surface area contributed by atoms with Crippen molar-refractivity contribution >= 4 is 34.5 Å². The Labute approximate surface area is 228 Å². The monoisotopic (exact) mass is 542 g/mol. The van der Waals surface area contributed by atoms with Crippen molar-refractivity contribution in [2.45, 2.75) is 57.7 Å². The number of carbonyl (C=O) groups excluding carboxylic acids is 3.